The molecule has 0 bridgehead atoms. The third kappa shape index (κ3) is 1.27. The van der Waals surface area contributed by atoms with Gasteiger partial charge in [-0.1, -0.05) is 6.08 Å². The van der Waals surface area contributed by atoms with Gasteiger partial charge in [-0.2, -0.15) is 0 Å². The average Bonchev–Trinajstić information content (AvgIpc) is 2.06. The number of allylic oxidation sites excluding steroid dienone is 1. The molecule has 1 aliphatic heterocycles. The van der Waals surface area contributed by atoms with Crippen molar-refractivity contribution in [3.8, 4) is 0 Å². The van der Waals surface area contributed by atoms with Gasteiger partial charge >= 0.3 is 5.70 Å². The summed E-state index contributed by atoms with van der Waals surface area (Å²) in [5.41, 5.74) is 11.7. The van der Waals surface area contributed by atoms with Crippen LogP contribution >= 0.6 is 0 Å². The van der Waals surface area contributed by atoms with Crippen LogP contribution in [0.4, 0.5) is 0 Å². The van der Waals surface area contributed by atoms with Crippen molar-refractivity contribution in [1.29, 1.82) is 0 Å². The van der Waals surface area contributed by atoms with Crippen molar-refractivity contribution in [2.75, 3.05) is 0 Å². The molecule has 0 fully saturated rings. The number of nitrogens with two attached hydrogens (primary N) is 2. The number of nitrogens with zero attached hydrogens (tertiary/aromatic N) is 3. The van der Waals surface area contributed by atoms with Crippen LogP contribution in [-0.4, -0.2) is 22.6 Å². The Morgan fingerprint density at radius 1 is 1.54 bits per heavy atom. The molecule has 0 radical (unpaired) electrons. The molecule has 2 aliphatic rings. The van der Waals surface area contributed by atoms with E-state index >= 15 is 0 Å². The molecule has 4 N–H and O–H groups in total. The number of nitroso groups, excluding NO2 is 1. The van der Waals surface area contributed by atoms with Gasteiger partial charge in [0.15, 0.2) is 4.87 Å². The van der Waals surface area contributed by atoms with Crippen LogP contribution in [-0.2, 0) is 0 Å². The number of fused-ring (bicyclic) bond motifs is 1. The van der Waals surface area contributed by atoms with E-state index in [0.717, 1.165) is 0 Å². The zero-order valence-electron chi connectivity index (χ0n) is 6.71. The molecule has 6 heteroatoms. The van der Waals surface area contributed by atoms with Crippen molar-refractivity contribution in [2.24, 2.45) is 21.6 Å². The largest absolute Gasteiger partial charge is 0.363 e. The average molecular weight is 178 g/mol. The molecule has 66 valence electrons. The van der Waals surface area contributed by atoms with Crippen LogP contribution < -0.4 is 11.5 Å². The second-order valence-electron chi connectivity index (χ2n) is 2.72. The number of guanidine groups is 1. The van der Waals surface area contributed by atoms with Gasteiger partial charge in [-0.05, 0) is 6.08 Å². The van der Waals surface area contributed by atoms with Crippen molar-refractivity contribution in [2.45, 2.75) is 6.04 Å². The summed E-state index contributed by atoms with van der Waals surface area (Å²) in [5, 5.41) is 3.43. The van der Waals surface area contributed by atoms with Crippen LogP contribution in [0, 0.1) is 4.91 Å². The molecule has 13 heavy (non-hydrogen) atoms. The first-order valence-electron chi connectivity index (χ1n) is 3.73. The summed E-state index contributed by atoms with van der Waals surface area (Å²) in [6, 6.07) is -0.264. The molecule has 1 aliphatic carbocycles. The summed E-state index contributed by atoms with van der Waals surface area (Å²) >= 11 is 0. The van der Waals surface area contributed by atoms with Gasteiger partial charge in [0.25, 0.3) is 5.96 Å². The third-order valence-electron chi connectivity index (χ3n) is 1.72. The molecule has 0 spiro atoms. The van der Waals surface area contributed by atoms with E-state index in [9.17, 15) is 4.91 Å². The molecular weight excluding hydrogens is 170 g/mol. The Kier molecular flexibility index (Phi) is 1.56. The van der Waals surface area contributed by atoms with Gasteiger partial charge in [0, 0.05) is 12.1 Å². The molecule has 2 rings (SSSR count). The first kappa shape index (κ1) is 7.81. The van der Waals surface area contributed by atoms with Crippen molar-refractivity contribution < 1.29 is 4.87 Å². The number of hydrazone groups is 1. The fourth-order valence-corrected chi connectivity index (χ4v) is 1.16. The summed E-state index contributed by atoms with van der Waals surface area (Å²) in [4.78, 5) is 15.5. The topological polar surface area (TPSA) is 96.8 Å². The SMILES string of the molecule is NC1=N[N+](=O)C2=CC(N)C=CC2=N1. The highest BCUT2D eigenvalue weighted by Crippen LogP contribution is 2.13. The fraction of sp³-hybridized carbons (Fsp3) is 0.143. The van der Waals surface area contributed by atoms with Gasteiger partial charge in [0.05, 0.1) is 10.0 Å². The third-order valence-corrected chi connectivity index (χ3v) is 1.72. The Hall–Kier alpha value is -1.82. The standard InChI is InChI=1S/C7H8N5O/c8-4-1-2-5-6(3-4)12(13)11-7(9)10-5/h1-4H,8H2,(H2,9,11,13)/q+1. The highest BCUT2D eigenvalue weighted by Gasteiger charge is 2.30. The summed E-state index contributed by atoms with van der Waals surface area (Å²) in [5.74, 6) is -0.0396. The fourth-order valence-electron chi connectivity index (χ4n) is 1.16. The van der Waals surface area contributed by atoms with E-state index in [1.807, 2.05) is 0 Å². The lowest BCUT2D eigenvalue weighted by molar-refractivity contribution is -0.497. The van der Waals surface area contributed by atoms with E-state index in [2.05, 4.69) is 10.1 Å². The van der Waals surface area contributed by atoms with Crippen molar-refractivity contribution in [3.05, 3.63) is 28.8 Å². The van der Waals surface area contributed by atoms with Crippen LogP contribution in [0.2, 0.25) is 0 Å². The van der Waals surface area contributed by atoms with Gasteiger partial charge in [-0.3, -0.25) is 0 Å². The number of hydrogen-bond donors (Lipinski definition) is 2. The Bertz CT molecular complexity index is 390. The Labute approximate surface area is 73.9 Å². The highest BCUT2D eigenvalue weighted by molar-refractivity contribution is 6.13. The zero-order valence-corrected chi connectivity index (χ0v) is 6.71. The van der Waals surface area contributed by atoms with Crippen molar-refractivity contribution in [3.63, 3.8) is 0 Å². The highest BCUT2D eigenvalue weighted by atomic mass is 16.3. The molecule has 0 amide bonds. The molecule has 1 unspecified atom stereocenters. The lowest BCUT2D eigenvalue weighted by Crippen LogP contribution is -2.29. The predicted octanol–water partition coefficient (Wildman–Crippen LogP) is -0.769. The normalized spacial score (nSPS) is 26.1. The molecule has 6 nitrogen and oxygen atoms in total. The van der Waals surface area contributed by atoms with Gasteiger partial charge in [-0.15, -0.1) is 0 Å². The Morgan fingerprint density at radius 3 is 3.08 bits per heavy atom. The lowest BCUT2D eigenvalue weighted by Gasteiger charge is -2.07. The molecule has 1 heterocycles. The van der Waals surface area contributed by atoms with E-state index in [0.29, 0.717) is 16.3 Å². The minimum atomic E-state index is -0.264. The van der Waals surface area contributed by atoms with E-state index in [1.165, 1.54) is 0 Å². The smallest absolute Gasteiger partial charge is 0.318 e. The summed E-state index contributed by atoms with van der Waals surface area (Å²) < 4.78 is 0. The van der Waals surface area contributed by atoms with Crippen LogP contribution in [0.1, 0.15) is 0 Å². The van der Waals surface area contributed by atoms with Crippen LogP contribution in [0.15, 0.2) is 34.0 Å². The van der Waals surface area contributed by atoms with Crippen molar-refractivity contribution >= 4 is 11.7 Å². The summed E-state index contributed by atoms with van der Waals surface area (Å²) in [7, 11) is 0. The maximum absolute atomic E-state index is 11.2. The minimum Gasteiger partial charge on any atom is -0.363 e. The maximum atomic E-state index is 11.2. The molecule has 1 atom stereocenters. The molecule has 0 aromatic heterocycles. The molecule has 0 saturated carbocycles. The minimum absolute atomic E-state index is 0.0396. The van der Waals surface area contributed by atoms with Crippen LogP contribution in [0.25, 0.3) is 0 Å². The zero-order chi connectivity index (χ0) is 9.42. The quantitative estimate of drug-likeness (QED) is 0.476. The Morgan fingerprint density at radius 2 is 2.31 bits per heavy atom. The predicted molar refractivity (Wildman–Crippen MR) is 47.9 cm³/mol. The maximum Gasteiger partial charge on any atom is 0.318 e. The summed E-state index contributed by atoms with van der Waals surface area (Å²) in [6.07, 6.45) is 4.98. The van der Waals surface area contributed by atoms with E-state index < -0.39 is 0 Å². The van der Waals surface area contributed by atoms with Gasteiger partial charge in [0.1, 0.15) is 5.71 Å². The van der Waals surface area contributed by atoms with Crippen LogP contribution in [0.5, 0.6) is 0 Å². The van der Waals surface area contributed by atoms with E-state index in [4.69, 9.17) is 11.5 Å². The van der Waals surface area contributed by atoms with E-state index in [1.54, 1.807) is 18.2 Å². The molecule has 0 saturated heterocycles. The van der Waals surface area contributed by atoms with Gasteiger partial charge < -0.3 is 11.5 Å². The molecule has 0 aromatic rings. The monoisotopic (exact) mass is 178 g/mol. The Balaban J connectivity index is 2.48. The number of aliphatic imine (C=N–C) groups is 1. The second kappa shape index (κ2) is 2.60. The number of hydrogen-bond acceptors (Lipinski definition) is 4. The lowest BCUT2D eigenvalue weighted by atomic mass is 10.1. The van der Waals surface area contributed by atoms with Crippen LogP contribution in [0.3, 0.4) is 0 Å². The van der Waals surface area contributed by atoms with Gasteiger partial charge in [-0.25, -0.2) is 4.99 Å². The summed E-state index contributed by atoms with van der Waals surface area (Å²) in [6.45, 7) is 0. The second-order valence-corrected chi connectivity index (χ2v) is 2.72. The van der Waals surface area contributed by atoms with Gasteiger partial charge in [0.2, 0.25) is 0 Å². The first-order valence-corrected chi connectivity index (χ1v) is 3.73. The molecule has 0 aromatic carbocycles. The molecular formula is C7H8N5O+. The van der Waals surface area contributed by atoms with Crippen molar-refractivity contribution in [1.82, 2.24) is 0 Å². The number of rotatable bonds is 0. The first-order chi connectivity index (χ1) is 6.16. The van der Waals surface area contributed by atoms with E-state index in [-0.39, 0.29) is 12.0 Å².